The van der Waals surface area contributed by atoms with Crippen molar-refractivity contribution in [1.82, 2.24) is 23.9 Å². The van der Waals surface area contributed by atoms with Crippen molar-refractivity contribution in [2.45, 2.75) is 0 Å². The van der Waals surface area contributed by atoms with Gasteiger partial charge in [-0.15, -0.1) is 10.2 Å². The van der Waals surface area contributed by atoms with Gasteiger partial charge in [-0.25, -0.2) is 0 Å². The molecule has 0 spiro atoms. The Balaban J connectivity index is 0.972. The van der Waals surface area contributed by atoms with Gasteiger partial charge in [-0.05, 0) is 71.8 Å². The van der Waals surface area contributed by atoms with Crippen molar-refractivity contribution in [3.05, 3.63) is 212 Å². The maximum atomic E-state index is 6.55. The second-order valence-electron chi connectivity index (χ2n) is 15.8. The van der Waals surface area contributed by atoms with E-state index in [1.807, 2.05) is 18.2 Å². The van der Waals surface area contributed by atoms with E-state index in [0.29, 0.717) is 0 Å². The quantitative estimate of drug-likeness (QED) is 0.168. The average Bonchev–Trinajstić information content (AvgIpc) is 4.12. The highest BCUT2D eigenvalue weighted by molar-refractivity contribution is 6.24. The van der Waals surface area contributed by atoms with Crippen LogP contribution in [0, 0.1) is 0 Å². The van der Waals surface area contributed by atoms with E-state index in [1.165, 1.54) is 10.8 Å². The molecule has 0 bridgehead atoms. The van der Waals surface area contributed by atoms with Crippen molar-refractivity contribution >= 4 is 65.6 Å². The molecule has 62 heavy (non-hydrogen) atoms. The smallest absolute Gasteiger partial charge is 0.168 e. The van der Waals surface area contributed by atoms with E-state index in [2.05, 4.69) is 208 Å². The lowest BCUT2D eigenvalue weighted by Gasteiger charge is -2.16. The highest BCUT2D eigenvalue weighted by atomic mass is 16.3. The van der Waals surface area contributed by atoms with Crippen LogP contribution in [0.3, 0.4) is 0 Å². The Hall–Kier alpha value is -8.48. The molecule has 13 rings (SSSR count). The first-order valence-corrected chi connectivity index (χ1v) is 20.9. The number of para-hydroxylation sites is 4. The van der Waals surface area contributed by atoms with Crippen molar-refractivity contribution in [2.24, 2.45) is 0 Å². The molecule has 0 aliphatic heterocycles. The fourth-order valence-corrected chi connectivity index (χ4v) is 9.65. The lowest BCUT2D eigenvalue weighted by molar-refractivity contribution is 0.673. The lowest BCUT2D eigenvalue weighted by Crippen LogP contribution is -2.04. The van der Waals surface area contributed by atoms with Gasteiger partial charge in [0.15, 0.2) is 11.6 Å². The molecule has 4 aromatic heterocycles. The van der Waals surface area contributed by atoms with Crippen molar-refractivity contribution < 1.29 is 4.42 Å². The zero-order chi connectivity index (χ0) is 40.7. The summed E-state index contributed by atoms with van der Waals surface area (Å²) < 4.78 is 13.5. The summed E-state index contributed by atoms with van der Waals surface area (Å²) in [6.07, 6.45) is 0. The summed E-state index contributed by atoms with van der Waals surface area (Å²) in [5.74, 6) is 1.57. The van der Waals surface area contributed by atoms with Gasteiger partial charge in [0.1, 0.15) is 11.2 Å². The molecule has 0 amide bonds. The number of rotatable bonds is 6. The normalized spacial score (nSPS) is 11.9. The van der Waals surface area contributed by atoms with Crippen LogP contribution in [0.25, 0.3) is 117 Å². The Kier molecular flexibility index (Phi) is 7.50. The van der Waals surface area contributed by atoms with Crippen molar-refractivity contribution in [2.75, 3.05) is 0 Å². The van der Waals surface area contributed by atoms with Gasteiger partial charge in [-0.3, -0.25) is 4.57 Å². The lowest BCUT2D eigenvalue weighted by atomic mass is 10.0. The largest absolute Gasteiger partial charge is 0.455 e. The number of nitrogens with zero attached hydrogens (tertiary/aromatic N) is 5. The summed E-state index contributed by atoms with van der Waals surface area (Å²) in [5.41, 5.74) is 13.7. The zero-order valence-corrected chi connectivity index (χ0v) is 33.4. The molecule has 13 aromatic rings. The molecule has 290 valence electrons. The van der Waals surface area contributed by atoms with Gasteiger partial charge < -0.3 is 13.6 Å². The van der Waals surface area contributed by atoms with Gasteiger partial charge in [0.2, 0.25) is 0 Å². The number of benzene rings is 9. The Morgan fingerprint density at radius 2 is 0.935 bits per heavy atom. The summed E-state index contributed by atoms with van der Waals surface area (Å²) in [6, 6.07) is 75.1. The molecule has 0 aliphatic carbocycles. The fraction of sp³-hybridized carbons (Fsp3) is 0. The van der Waals surface area contributed by atoms with E-state index >= 15 is 0 Å². The van der Waals surface area contributed by atoms with Gasteiger partial charge >= 0.3 is 0 Å². The van der Waals surface area contributed by atoms with E-state index in [9.17, 15) is 0 Å². The first-order valence-electron chi connectivity index (χ1n) is 20.9. The summed E-state index contributed by atoms with van der Waals surface area (Å²) in [7, 11) is 0. The molecular formula is C56H35N5O. The van der Waals surface area contributed by atoms with Crippen LogP contribution in [-0.2, 0) is 0 Å². The molecule has 0 N–H and O–H groups in total. The zero-order valence-electron chi connectivity index (χ0n) is 33.4. The van der Waals surface area contributed by atoms with Gasteiger partial charge in [0.25, 0.3) is 0 Å². The van der Waals surface area contributed by atoms with Crippen LogP contribution >= 0.6 is 0 Å². The van der Waals surface area contributed by atoms with E-state index in [0.717, 1.165) is 106 Å². The molecule has 0 saturated carbocycles. The van der Waals surface area contributed by atoms with Crippen LogP contribution in [0.2, 0.25) is 0 Å². The Bertz CT molecular complexity index is 3800. The maximum Gasteiger partial charge on any atom is 0.168 e. The molecule has 4 heterocycles. The van der Waals surface area contributed by atoms with E-state index in [1.54, 1.807) is 0 Å². The topological polar surface area (TPSA) is 53.7 Å². The highest BCUT2D eigenvalue weighted by Gasteiger charge is 2.23. The number of hydrogen-bond donors (Lipinski definition) is 0. The molecule has 6 heteroatoms. The minimum Gasteiger partial charge on any atom is -0.455 e. The molecule has 0 radical (unpaired) electrons. The third-order valence-corrected chi connectivity index (χ3v) is 12.4. The standard InChI is InChI=1S/C56H35N5O/c1-3-15-37(16-4-1)55-57-58-56(38-17-5-2-6-18-38)61(55)50-27-14-24-44-42-21-7-10-25-47(42)60(53(44)50)41-20-13-19-39(35-41)36-29-31-40(32-30-36)59-48-26-11-8-23-46(48)52-49(59)34-33-45-43-22-9-12-28-51(43)62-54(45)52/h1-35H. The van der Waals surface area contributed by atoms with Crippen molar-refractivity contribution in [3.8, 4) is 51.0 Å². The van der Waals surface area contributed by atoms with Crippen LogP contribution in [0.4, 0.5) is 0 Å². The minimum atomic E-state index is 0.785. The van der Waals surface area contributed by atoms with Gasteiger partial charge in [-0.2, -0.15) is 0 Å². The molecule has 0 aliphatic rings. The first kappa shape index (κ1) is 34.4. The SMILES string of the molecule is c1ccc(-c2nnc(-c3ccccc3)n2-c2cccc3c4ccccc4n(-c4cccc(-c5ccc(-n6c7ccccc7c7c8oc9ccccc9c8ccc76)cc5)c4)c23)cc1. The van der Waals surface area contributed by atoms with Crippen LogP contribution in [0.15, 0.2) is 217 Å². The van der Waals surface area contributed by atoms with Gasteiger partial charge in [0.05, 0.1) is 33.1 Å². The van der Waals surface area contributed by atoms with E-state index < -0.39 is 0 Å². The summed E-state index contributed by atoms with van der Waals surface area (Å²) in [6.45, 7) is 0. The monoisotopic (exact) mass is 793 g/mol. The predicted molar refractivity (Wildman–Crippen MR) is 254 cm³/mol. The molecule has 0 saturated heterocycles. The molecular weight excluding hydrogens is 759 g/mol. The molecule has 6 nitrogen and oxygen atoms in total. The third-order valence-electron chi connectivity index (χ3n) is 12.4. The number of fused-ring (bicyclic) bond motifs is 10. The van der Waals surface area contributed by atoms with Crippen molar-refractivity contribution in [3.63, 3.8) is 0 Å². The third kappa shape index (κ3) is 5.10. The summed E-state index contributed by atoms with van der Waals surface area (Å²) in [5, 5.41) is 16.6. The van der Waals surface area contributed by atoms with Crippen LogP contribution in [0.1, 0.15) is 0 Å². The number of furan rings is 1. The molecule has 0 atom stereocenters. The Morgan fingerprint density at radius 1 is 0.339 bits per heavy atom. The second kappa shape index (κ2) is 13.5. The van der Waals surface area contributed by atoms with Crippen LogP contribution < -0.4 is 0 Å². The highest BCUT2D eigenvalue weighted by Crippen LogP contribution is 2.42. The van der Waals surface area contributed by atoms with Gasteiger partial charge in [0, 0.05) is 49.4 Å². The van der Waals surface area contributed by atoms with Crippen LogP contribution in [0.5, 0.6) is 0 Å². The number of hydrogen-bond acceptors (Lipinski definition) is 3. The van der Waals surface area contributed by atoms with E-state index in [4.69, 9.17) is 14.6 Å². The number of aromatic nitrogens is 5. The summed E-state index contributed by atoms with van der Waals surface area (Å²) in [4.78, 5) is 0. The molecule has 0 unspecified atom stereocenters. The average molecular weight is 794 g/mol. The van der Waals surface area contributed by atoms with Crippen LogP contribution in [-0.4, -0.2) is 23.9 Å². The molecule has 0 fully saturated rings. The minimum absolute atomic E-state index is 0.785. The molecule has 9 aromatic carbocycles. The van der Waals surface area contributed by atoms with E-state index in [-0.39, 0.29) is 0 Å². The van der Waals surface area contributed by atoms with Gasteiger partial charge in [-0.1, -0.05) is 152 Å². The first-order chi connectivity index (χ1) is 30.8. The predicted octanol–water partition coefficient (Wildman–Crippen LogP) is 14.4. The Morgan fingerprint density at radius 3 is 1.68 bits per heavy atom. The Labute approximate surface area is 355 Å². The van der Waals surface area contributed by atoms with Crippen molar-refractivity contribution in [1.29, 1.82) is 0 Å². The summed E-state index contributed by atoms with van der Waals surface area (Å²) >= 11 is 0. The maximum absolute atomic E-state index is 6.55. The second-order valence-corrected chi connectivity index (χ2v) is 15.8. The fourth-order valence-electron chi connectivity index (χ4n) is 9.65.